The molecule has 4 rings (SSSR count). The van der Waals surface area contributed by atoms with Gasteiger partial charge in [0.2, 0.25) is 0 Å². The van der Waals surface area contributed by atoms with Gasteiger partial charge in [-0.2, -0.15) is 0 Å². The molecular weight excluding hydrogens is 592 g/mol. The van der Waals surface area contributed by atoms with Crippen LogP contribution in [0.15, 0.2) is 115 Å². The summed E-state index contributed by atoms with van der Waals surface area (Å²) in [6.07, 6.45) is 1.17. The van der Waals surface area contributed by atoms with E-state index in [4.69, 9.17) is 18.9 Å². The van der Waals surface area contributed by atoms with Gasteiger partial charge < -0.3 is 18.9 Å². The van der Waals surface area contributed by atoms with Crippen molar-refractivity contribution in [1.29, 1.82) is 0 Å². The Morgan fingerprint density at radius 2 is 0.957 bits per heavy atom. The predicted molar refractivity (Wildman–Crippen MR) is 184 cm³/mol. The molecule has 0 heterocycles. The lowest BCUT2D eigenvalue weighted by atomic mass is 9.94. The second kappa shape index (κ2) is 16.8. The van der Waals surface area contributed by atoms with Crippen LogP contribution in [-0.4, -0.2) is 44.1 Å². The number of ether oxygens (including phenoxy) is 4. The summed E-state index contributed by atoms with van der Waals surface area (Å²) in [5.74, 6) is 0.639. The van der Waals surface area contributed by atoms with E-state index in [2.05, 4.69) is 13.2 Å². The molecule has 0 aliphatic carbocycles. The van der Waals surface area contributed by atoms with E-state index in [0.717, 1.165) is 39.3 Å². The van der Waals surface area contributed by atoms with Crippen LogP contribution >= 0.6 is 0 Å². The van der Waals surface area contributed by atoms with Crippen molar-refractivity contribution in [1.82, 2.24) is 0 Å². The molecule has 0 spiro atoms. The van der Waals surface area contributed by atoms with E-state index in [1.807, 2.05) is 97.9 Å². The van der Waals surface area contributed by atoms with Gasteiger partial charge in [0.1, 0.15) is 11.5 Å². The lowest BCUT2D eigenvalue weighted by molar-refractivity contribution is -0.140. The number of rotatable bonds is 16. The molecule has 7 heteroatoms. The summed E-state index contributed by atoms with van der Waals surface area (Å²) >= 11 is 0. The van der Waals surface area contributed by atoms with Gasteiger partial charge in [0.15, 0.2) is 5.78 Å². The number of hydrogen-bond donors (Lipinski definition) is 0. The quantitative estimate of drug-likeness (QED) is 0.0531. The van der Waals surface area contributed by atoms with Gasteiger partial charge in [0.25, 0.3) is 0 Å². The van der Waals surface area contributed by atoms with Crippen molar-refractivity contribution in [2.45, 2.75) is 33.6 Å². The van der Waals surface area contributed by atoms with Crippen molar-refractivity contribution < 1.29 is 33.3 Å². The highest BCUT2D eigenvalue weighted by molar-refractivity contribution is 6.10. The fourth-order valence-electron chi connectivity index (χ4n) is 4.63. The highest BCUT2D eigenvalue weighted by atomic mass is 16.5. The summed E-state index contributed by atoms with van der Waals surface area (Å²) in [5, 5.41) is 0. The first-order valence-corrected chi connectivity index (χ1v) is 15.5. The smallest absolute Gasteiger partial charge is 0.333 e. The van der Waals surface area contributed by atoms with Crippen LogP contribution in [0, 0.1) is 6.92 Å². The van der Waals surface area contributed by atoms with Gasteiger partial charge in [-0.1, -0.05) is 79.9 Å². The summed E-state index contributed by atoms with van der Waals surface area (Å²) in [6, 6.07) is 28.9. The number of aryl methyl sites for hydroxylation is 1. The first-order chi connectivity index (χ1) is 22.6. The molecule has 0 atom stereocenters. The zero-order valence-electron chi connectivity index (χ0n) is 27.2. The minimum absolute atomic E-state index is 0.0315. The van der Waals surface area contributed by atoms with E-state index in [0.29, 0.717) is 48.3 Å². The number of carbonyl (C=O) groups excluding carboxylic acids is 3. The Bertz CT molecular complexity index is 1720. The number of esters is 2. The third-order valence-electron chi connectivity index (χ3n) is 7.27. The zero-order chi connectivity index (χ0) is 33.8. The first-order valence-electron chi connectivity index (χ1n) is 15.5. The lowest BCUT2D eigenvalue weighted by Gasteiger charge is -2.11. The summed E-state index contributed by atoms with van der Waals surface area (Å²) < 4.78 is 21.7. The Morgan fingerprint density at radius 3 is 1.38 bits per heavy atom. The van der Waals surface area contributed by atoms with Gasteiger partial charge in [-0.25, -0.2) is 9.59 Å². The monoisotopic (exact) mass is 632 g/mol. The van der Waals surface area contributed by atoms with Crippen LogP contribution < -0.4 is 9.47 Å². The van der Waals surface area contributed by atoms with Gasteiger partial charge in [0.05, 0.1) is 26.4 Å². The normalized spacial score (nSPS) is 10.5. The Morgan fingerprint density at radius 1 is 0.553 bits per heavy atom. The van der Waals surface area contributed by atoms with Crippen molar-refractivity contribution >= 4 is 17.7 Å². The van der Waals surface area contributed by atoms with E-state index in [1.54, 1.807) is 13.8 Å². The van der Waals surface area contributed by atoms with Gasteiger partial charge >= 0.3 is 11.9 Å². The van der Waals surface area contributed by atoms with Crippen LogP contribution in [0.3, 0.4) is 0 Å². The second-order valence-electron chi connectivity index (χ2n) is 11.2. The Balaban J connectivity index is 1.28. The highest BCUT2D eigenvalue weighted by Crippen LogP contribution is 2.27. The molecule has 0 radical (unpaired) electrons. The fourth-order valence-corrected chi connectivity index (χ4v) is 4.63. The van der Waals surface area contributed by atoms with E-state index in [1.165, 1.54) is 0 Å². The summed E-state index contributed by atoms with van der Waals surface area (Å²) in [7, 11) is 0. The molecule has 4 aromatic rings. The van der Waals surface area contributed by atoms with E-state index in [9.17, 15) is 14.4 Å². The standard InChI is InChI=1S/C40H40O7/c1-27(2)39(42)46-24-6-22-44-35-17-12-31(13-18-35)30-8-10-33(11-9-30)38(41)37-21-16-34(26-29(37)5)32-14-19-36(20-15-32)45-23-7-25-47-40(43)28(3)4/h8-21,26H,1,3,6-7,22-25H2,2,4-5H3. The summed E-state index contributed by atoms with van der Waals surface area (Å²) in [4.78, 5) is 36.3. The molecule has 0 aromatic heterocycles. The van der Waals surface area contributed by atoms with Crippen molar-refractivity contribution in [3.63, 3.8) is 0 Å². The maximum atomic E-state index is 13.4. The van der Waals surface area contributed by atoms with Crippen molar-refractivity contribution in [2.75, 3.05) is 26.4 Å². The topological polar surface area (TPSA) is 88.1 Å². The van der Waals surface area contributed by atoms with Gasteiger partial charge in [-0.3, -0.25) is 4.79 Å². The molecule has 0 aliphatic heterocycles. The minimum atomic E-state index is -0.393. The molecule has 4 aromatic carbocycles. The van der Waals surface area contributed by atoms with Crippen LogP contribution in [-0.2, 0) is 19.1 Å². The predicted octanol–water partition coefficient (Wildman–Crippen LogP) is 8.34. The average Bonchev–Trinajstić information content (AvgIpc) is 3.08. The largest absolute Gasteiger partial charge is 0.493 e. The van der Waals surface area contributed by atoms with Gasteiger partial charge in [-0.15, -0.1) is 0 Å². The van der Waals surface area contributed by atoms with E-state index < -0.39 is 11.9 Å². The molecule has 0 saturated carbocycles. The molecule has 0 unspecified atom stereocenters. The van der Waals surface area contributed by atoms with Crippen molar-refractivity contribution in [3.05, 3.63) is 132 Å². The van der Waals surface area contributed by atoms with Crippen LogP contribution in [0.4, 0.5) is 0 Å². The van der Waals surface area contributed by atoms with Crippen molar-refractivity contribution in [3.8, 4) is 33.8 Å². The third kappa shape index (κ3) is 10.0. The van der Waals surface area contributed by atoms with E-state index >= 15 is 0 Å². The summed E-state index contributed by atoms with van der Waals surface area (Å²) in [6.45, 7) is 13.7. The molecular formula is C40H40O7. The van der Waals surface area contributed by atoms with Crippen molar-refractivity contribution in [2.24, 2.45) is 0 Å². The zero-order valence-corrected chi connectivity index (χ0v) is 27.2. The maximum Gasteiger partial charge on any atom is 0.333 e. The van der Waals surface area contributed by atoms with Gasteiger partial charge in [-0.05, 0) is 72.9 Å². The molecule has 0 fully saturated rings. The summed E-state index contributed by atoms with van der Waals surface area (Å²) in [5.41, 5.74) is 6.95. The molecule has 47 heavy (non-hydrogen) atoms. The molecule has 0 bridgehead atoms. The van der Waals surface area contributed by atoms with Crippen LogP contribution in [0.25, 0.3) is 22.3 Å². The SMILES string of the molecule is C=C(C)C(=O)OCCCOc1ccc(-c2ccc(C(=O)c3ccc(-c4ccc(OCCCOC(=O)C(=C)C)cc4)cc3C)cc2)cc1. The Hall–Kier alpha value is -5.43. The number of hydrogen-bond acceptors (Lipinski definition) is 7. The number of benzene rings is 4. The van der Waals surface area contributed by atoms with Crippen LogP contribution in [0.2, 0.25) is 0 Å². The maximum absolute atomic E-state index is 13.4. The number of carbonyl (C=O) groups is 3. The van der Waals surface area contributed by atoms with E-state index in [-0.39, 0.29) is 19.0 Å². The number of ketones is 1. The Kier molecular flexibility index (Phi) is 12.3. The average molecular weight is 633 g/mol. The van der Waals surface area contributed by atoms with Crippen LogP contribution in [0.1, 0.15) is 48.2 Å². The van der Waals surface area contributed by atoms with Crippen LogP contribution in [0.5, 0.6) is 11.5 Å². The first kappa shape index (κ1) is 34.4. The molecule has 0 N–H and O–H groups in total. The molecule has 0 saturated heterocycles. The van der Waals surface area contributed by atoms with Gasteiger partial charge in [0, 0.05) is 35.1 Å². The Labute approximate surface area is 276 Å². The minimum Gasteiger partial charge on any atom is -0.493 e. The third-order valence-corrected chi connectivity index (χ3v) is 7.27. The lowest BCUT2D eigenvalue weighted by Crippen LogP contribution is -2.09. The molecule has 7 nitrogen and oxygen atoms in total. The highest BCUT2D eigenvalue weighted by Gasteiger charge is 2.13. The molecule has 242 valence electrons. The molecule has 0 amide bonds. The molecule has 0 aliphatic rings. The fraction of sp³-hybridized carbons (Fsp3) is 0.225. The second-order valence-corrected chi connectivity index (χ2v) is 11.2.